The number of likely N-dealkylation sites (N-methyl/N-ethyl adjacent to an activating group) is 1. The lowest BCUT2D eigenvalue weighted by molar-refractivity contribution is -0.140. The number of aromatic nitrogens is 2. The standard InChI is InChI=1S/C39H43ClF3N5O5S/c1-4-27(5-2)47(18-17-46(3)33(49)15-16-34(50)51)22-24-9-8-10-25(19-24)37(53)45-38-35(29-11-6-7-12-32(29)54-38)36(52)26-21-44-48(23-26)28-13-14-31(40)30(20-28)39(41,42)43/h8-10,13-14,19-21,23,27H,4-7,11-12,15-18,22H2,1-3H3,(H,45,53)(H,50,51). The van der Waals surface area contributed by atoms with Crippen molar-refractivity contribution in [2.45, 2.75) is 84.0 Å². The van der Waals surface area contributed by atoms with E-state index in [1.807, 2.05) is 12.1 Å². The fourth-order valence-corrected chi connectivity index (χ4v) is 8.22. The molecule has 54 heavy (non-hydrogen) atoms. The highest BCUT2D eigenvalue weighted by Crippen LogP contribution is 2.40. The topological polar surface area (TPSA) is 125 Å². The summed E-state index contributed by atoms with van der Waals surface area (Å²) in [4.78, 5) is 56.1. The number of carboxylic acids is 1. The maximum atomic E-state index is 14.1. The molecule has 0 aliphatic heterocycles. The van der Waals surface area contributed by atoms with Gasteiger partial charge in [0.15, 0.2) is 5.78 Å². The number of carbonyl (C=O) groups excluding carboxylic acids is 3. The van der Waals surface area contributed by atoms with E-state index in [9.17, 15) is 32.3 Å². The van der Waals surface area contributed by atoms with Crippen LogP contribution in [0.3, 0.4) is 0 Å². The first kappa shape index (κ1) is 40.7. The lowest BCUT2D eigenvalue weighted by Crippen LogP contribution is -2.41. The fourth-order valence-electron chi connectivity index (χ4n) is 6.72. The Morgan fingerprint density at radius 1 is 1.02 bits per heavy atom. The van der Waals surface area contributed by atoms with Crippen LogP contribution < -0.4 is 5.32 Å². The number of alkyl halides is 3. The second-order valence-corrected chi connectivity index (χ2v) is 14.9. The highest BCUT2D eigenvalue weighted by atomic mass is 35.5. The highest BCUT2D eigenvalue weighted by Gasteiger charge is 2.34. The minimum absolute atomic E-state index is 0.0618. The van der Waals surface area contributed by atoms with E-state index < -0.39 is 22.7 Å². The van der Waals surface area contributed by atoms with E-state index in [0.29, 0.717) is 42.2 Å². The third-order valence-electron chi connectivity index (χ3n) is 9.72. The molecule has 2 aromatic carbocycles. The summed E-state index contributed by atoms with van der Waals surface area (Å²) in [6.07, 6.45) is 2.74. The summed E-state index contributed by atoms with van der Waals surface area (Å²) in [5.41, 5.74) is 1.77. The number of fused-ring (bicyclic) bond motifs is 1. The first-order valence-corrected chi connectivity index (χ1v) is 19.1. The lowest BCUT2D eigenvalue weighted by atomic mass is 9.92. The maximum Gasteiger partial charge on any atom is 0.417 e. The van der Waals surface area contributed by atoms with Crippen molar-refractivity contribution >= 4 is 51.5 Å². The van der Waals surface area contributed by atoms with Gasteiger partial charge in [0, 0.05) is 55.8 Å². The van der Waals surface area contributed by atoms with E-state index >= 15 is 0 Å². The first-order valence-electron chi connectivity index (χ1n) is 17.9. The predicted molar refractivity (Wildman–Crippen MR) is 202 cm³/mol. The van der Waals surface area contributed by atoms with Crippen LogP contribution in [0.1, 0.15) is 100 Å². The van der Waals surface area contributed by atoms with Crippen molar-refractivity contribution in [1.29, 1.82) is 0 Å². The molecule has 0 saturated heterocycles. The molecule has 2 amide bonds. The van der Waals surface area contributed by atoms with E-state index in [1.54, 1.807) is 24.1 Å². The molecule has 2 heterocycles. The van der Waals surface area contributed by atoms with Gasteiger partial charge in [-0.3, -0.25) is 24.1 Å². The Kier molecular flexibility index (Phi) is 13.4. The van der Waals surface area contributed by atoms with E-state index in [1.165, 1.54) is 34.5 Å². The lowest BCUT2D eigenvalue weighted by Gasteiger charge is -2.32. The van der Waals surface area contributed by atoms with Crippen LogP contribution in [0.15, 0.2) is 54.9 Å². The number of nitrogens with one attached hydrogen (secondary N) is 1. The number of thiophene rings is 1. The number of amides is 2. The Morgan fingerprint density at radius 3 is 2.46 bits per heavy atom. The number of nitrogens with zero attached hydrogens (tertiary/aromatic N) is 4. The summed E-state index contributed by atoms with van der Waals surface area (Å²) in [6.45, 7) is 5.69. The van der Waals surface area contributed by atoms with Gasteiger partial charge in [0.25, 0.3) is 5.91 Å². The van der Waals surface area contributed by atoms with Crippen molar-refractivity contribution in [1.82, 2.24) is 19.6 Å². The van der Waals surface area contributed by atoms with Gasteiger partial charge in [0.05, 0.1) is 40.0 Å². The van der Waals surface area contributed by atoms with Crippen LogP contribution >= 0.6 is 22.9 Å². The van der Waals surface area contributed by atoms with Crippen LogP contribution in [0, 0.1) is 0 Å². The van der Waals surface area contributed by atoms with Crippen LogP contribution in [-0.4, -0.2) is 74.4 Å². The van der Waals surface area contributed by atoms with E-state index in [2.05, 4.69) is 29.2 Å². The summed E-state index contributed by atoms with van der Waals surface area (Å²) >= 11 is 7.17. The van der Waals surface area contributed by atoms with Gasteiger partial charge < -0.3 is 15.3 Å². The smallest absolute Gasteiger partial charge is 0.417 e. The van der Waals surface area contributed by atoms with Crippen molar-refractivity contribution < 1.29 is 37.5 Å². The van der Waals surface area contributed by atoms with Crippen LogP contribution in [0.5, 0.6) is 0 Å². The number of benzene rings is 2. The van der Waals surface area contributed by atoms with E-state index in [4.69, 9.17) is 16.7 Å². The third kappa shape index (κ3) is 9.76. The van der Waals surface area contributed by atoms with Crippen molar-refractivity contribution in [2.75, 3.05) is 25.5 Å². The second kappa shape index (κ2) is 17.7. The van der Waals surface area contributed by atoms with Gasteiger partial charge in [-0.15, -0.1) is 11.3 Å². The average molecular weight is 786 g/mol. The summed E-state index contributed by atoms with van der Waals surface area (Å²) < 4.78 is 41.8. The molecule has 0 atom stereocenters. The number of anilines is 1. The molecule has 10 nitrogen and oxygen atoms in total. The number of rotatable bonds is 16. The molecule has 0 bridgehead atoms. The molecule has 0 radical (unpaired) electrons. The molecule has 0 spiro atoms. The van der Waals surface area contributed by atoms with Crippen molar-refractivity contribution in [3.63, 3.8) is 0 Å². The third-order valence-corrected chi connectivity index (χ3v) is 11.3. The molecule has 0 saturated carbocycles. The molecule has 2 aromatic heterocycles. The van der Waals surface area contributed by atoms with Crippen LogP contribution in [0.2, 0.25) is 5.02 Å². The van der Waals surface area contributed by atoms with E-state index in [0.717, 1.165) is 60.2 Å². The number of hydrogen-bond acceptors (Lipinski definition) is 7. The number of hydrogen-bond donors (Lipinski definition) is 2. The number of carboxylic acid groups (broad SMARTS) is 1. The quantitative estimate of drug-likeness (QED) is 0.110. The van der Waals surface area contributed by atoms with Gasteiger partial charge in [-0.05, 0) is 80.0 Å². The van der Waals surface area contributed by atoms with Gasteiger partial charge in [-0.2, -0.15) is 18.3 Å². The number of aliphatic carboxylic acids is 1. The maximum absolute atomic E-state index is 14.1. The normalized spacial score (nSPS) is 12.9. The molecule has 2 N–H and O–H groups in total. The summed E-state index contributed by atoms with van der Waals surface area (Å²) in [5.74, 6) is -2.03. The van der Waals surface area contributed by atoms with Crippen LogP contribution in [0.4, 0.5) is 18.2 Å². The molecule has 288 valence electrons. The summed E-state index contributed by atoms with van der Waals surface area (Å²) in [5, 5.41) is 16.1. The molecule has 5 rings (SSSR count). The zero-order chi connectivity index (χ0) is 39.2. The first-order chi connectivity index (χ1) is 25.7. The molecule has 15 heteroatoms. The molecule has 4 aromatic rings. The van der Waals surface area contributed by atoms with E-state index in [-0.39, 0.29) is 47.7 Å². The van der Waals surface area contributed by atoms with Crippen molar-refractivity contribution in [3.8, 4) is 5.69 Å². The monoisotopic (exact) mass is 785 g/mol. The number of halogens is 4. The largest absolute Gasteiger partial charge is 0.481 e. The average Bonchev–Trinajstić information content (AvgIpc) is 3.78. The molecule has 0 unspecified atom stereocenters. The van der Waals surface area contributed by atoms with Gasteiger partial charge in [-0.25, -0.2) is 4.68 Å². The minimum atomic E-state index is -4.67. The number of carbonyl (C=O) groups is 4. The molecular weight excluding hydrogens is 743 g/mol. The van der Waals surface area contributed by atoms with Crippen molar-refractivity contribution in [2.24, 2.45) is 0 Å². The molecular formula is C39H43ClF3N5O5S. The Bertz CT molecular complexity index is 2010. The Balaban J connectivity index is 1.35. The number of ketones is 1. The van der Waals surface area contributed by atoms with Crippen LogP contribution in [0.25, 0.3) is 5.69 Å². The Hall–Kier alpha value is -4.53. The van der Waals surface area contributed by atoms with Crippen LogP contribution in [-0.2, 0) is 35.2 Å². The summed E-state index contributed by atoms with van der Waals surface area (Å²) in [7, 11) is 1.67. The van der Waals surface area contributed by atoms with Gasteiger partial charge in [-0.1, -0.05) is 37.6 Å². The summed E-state index contributed by atoms with van der Waals surface area (Å²) in [6, 6.07) is 10.9. The fraction of sp³-hybridized carbons (Fsp3) is 0.410. The van der Waals surface area contributed by atoms with Gasteiger partial charge >= 0.3 is 12.1 Å². The van der Waals surface area contributed by atoms with Crippen molar-refractivity contribution in [3.05, 3.63) is 98.1 Å². The van der Waals surface area contributed by atoms with Gasteiger partial charge in [0.1, 0.15) is 5.00 Å². The number of aryl methyl sites for hydroxylation is 1. The second-order valence-electron chi connectivity index (χ2n) is 13.4. The minimum Gasteiger partial charge on any atom is -0.481 e. The molecule has 1 aliphatic rings. The predicted octanol–water partition coefficient (Wildman–Crippen LogP) is 8.28. The zero-order valence-corrected chi connectivity index (χ0v) is 31.9. The molecule has 1 aliphatic carbocycles. The SMILES string of the molecule is CCC(CC)N(CCN(C)C(=O)CCC(=O)O)Cc1cccc(C(=O)Nc2sc3c(c2C(=O)c2cnn(-c4ccc(Cl)c(C(F)(F)F)c4)c2)CCCC3)c1. The Morgan fingerprint density at radius 2 is 1.76 bits per heavy atom. The molecule has 0 fully saturated rings. The Labute approximate surface area is 320 Å². The zero-order valence-electron chi connectivity index (χ0n) is 30.3. The highest BCUT2D eigenvalue weighted by molar-refractivity contribution is 7.17. The van der Waals surface area contributed by atoms with Gasteiger partial charge in [0.2, 0.25) is 5.91 Å².